The Kier molecular flexibility index (Phi) is 6.27. The Morgan fingerprint density at radius 3 is 2.42 bits per heavy atom. The number of methoxy groups -OCH3 is 1. The molecule has 19 heavy (non-hydrogen) atoms. The summed E-state index contributed by atoms with van der Waals surface area (Å²) < 4.78 is 31.4. The summed E-state index contributed by atoms with van der Waals surface area (Å²) >= 11 is 0. The molecule has 0 saturated heterocycles. The average molecular weight is 286 g/mol. The second-order valence-corrected chi connectivity index (χ2v) is 6.30. The minimum atomic E-state index is -3.25. The number of nitrogens with one attached hydrogen (secondary N) is 1. The van der Waals surface area contributed by atoms with Crippen LogP contribution in [0.4, 0.5) is 0 Å². The molecular weight excluding hydrogens is 264 g/mol. The minimum absolute atomic E-state index is 0.116. The molecule has 0 bridgehead atoms. The molecule has 0 spiro atoms. The van der Waals surface area contributed by atoms with E-state index < -0.39 is 10.0 Å². The van der Waals surface area contributed by atoms with Gasteiger partial charge in [-0.05, 0) is 44.0 Å². The monoisotopic (exact) mass is 286 g/mol. The Labute approximate surface area is 115 Å². The smallest absolute Gasteiger partial charge is 0.212 e. The summed E-state index contributed by atoms with van der Waals surface area (Å²) in [6, 6.07) is 7.08. The number of nitrogens with two attached hydrogens (primary N) is 1. The van der Waals surface area contributed by atoms with Crippen molar-refractivity contribution in [3.63, 3.8) is 0 Å². The van der Waals surface area contributed by atoms with Crippen LogP contribution in [0.2, 0.25) is 0 Å². The zero-order valence-corrected chi connectivity index (χ0v) is 12.2. The Bertz CT molecular complexity index is 471. The van der Waals surface area contributed by atoms with Crippen LogP contribution >= 0.6 is 0 Å². The van der Waals surface area contributed by atoms with Gasteiger partial charge in [-0.3, -0.25) is 0 Å². The molecule has 0 saturated carbocycles. The lowest BCUT2D eigenvalue weighted by Crippen LogP contribution is -2.29. The number of sulfonamides is 1. The first-order valence-electron chi connectivity index (χ1n) is 6.32. The Hall–Kier alpha value is -1.11. The van der Waals surface area contributed by atoms with Gasteiger partial charge in [-0.1, -0.05) is 12.1 Å². The molecule has 1 unspecified atom stereocenters. The van der Waals surface area contributed by atoms with Crippen molar-refractivity contribution < 1.29 is 13.2 Å². The van der Waals surface area contributed by atoms with Gasteiger partial charge in [-0.2, -0.15) is 0 Å². The van der Waals surface area contributed by atoms with Crippen molar-refractivity contribution in [2.24, 2.45) is 5.73 Å². The van der Waals surface area contributed by atoms with Crippen LogP contribution in [0.15, 0.2) is 24.3 Å². The van der Waals surface area contributed by atoms with Gasteiger partial charge < -0.3 is 10.5 Å². The van der Waals surface area contributed by atoms with E-state index in [0.29, 0.717) is 13.0 Å². The Morgan fingerprint density at radius 1 is 1.26 bits per heavy atom. The molecule has 108 valence electrons. The predicted molar refractivity (Wildman–Crippen MR) is 76.6 cm³/mol. The van der Waals surface area contributed by atoms with Crippen LogP contribution in [0, 0.1) is 0 Å². The molecule has 0 aliphatic rings. The fourth-order valence-corrected chi connectivity index (χ4v) is 3.10. The van der Waals surface area contributed by atoms with E-state index in [4.69, 9.17) is 10.5 Å². The summed E-state index contributed by atoms with van der Waals surface area (Å²) in [5.74, 6) is 0.867. The molecule has 5 nitrogen and oxygen atoms in total. The van der Waals surface area contributed by atoms with E-state index in [1.54, 1.807) is 7.11 Å². The highest BCUT2D eigenvalue weighted by Gasteiger charge is 2.15. The summed E-state index contributed by atoms with van der Waals surface area (Å²) in [6.07, 6.45) is 1.30. The minimum Gasteiger partial charge on any atom is -0.497 e. The van der Waals surface area contributed by atoms with Gasteiger partial charge in [0.05, 0.1) is 12.9 Å². The van der Waals surface area contributed by atoms with Crippen molar-refractivity contribution in [1.82, 2.24) is 4.72 Å². The summed E-state index contributed by atoms with van der Waals surface area (Å²) in [5.41, 5.74) is 6.26. The maximum absolute atomic E-state index is 11.8. The molecule has 1 aromatic carbocycles. The fraction of sp³-hybridized carbons (Fsp3) is 0.538. The summed E-state index contributed by atoms with van der Waals surface area (Å²) in [6.45, 7) is 2.34. The van der Waals surface area contributed by atoms with Crippen molar-refractivity contribution in [2.45, 2.75) is 25.8 Å². The van der Waals surface area contributed by atoms with E-state index in [1.807, 2.05) is 31.2 Å². The summed E-state index contributed by atoms with van der Waals surface area (Å²) in [7, 11) is -1.66. The molecule has 6 heteroatoms. The van der Waals surface area contributed by atoms with E-state index in [-0.39, 0.29) is 11.8 Å². The van der Waals surface area contributed by atoms with E-state index in [9.17, 15) is 8.42 Å². The normalized spacial score (nSPS) is 13.2. The zero-order chi connectivity index (χ0) is 14.3. The van der Waals surface area contributed by atoms with Gasteiger partial charge in [0.1, 0.15) is 5.75 Å². The second kappa shape index (κ2) is 7.47. The van der Waals surface area contributed by atoms with Crippen LogP contribution in [0.25, 0.3) is 0 Å². The van der Waals surface area contributed by atoms with Gasteiger partial charge in [0, 0.05) is 6.04 Å². The van der Waals surface area contributed by atoms with E-state index in [0.717, 1.165) is 17.7 Å². The van der Waals surface area contributed by atoms with Gasteiger partial charge in [0.25, 0.3) is 0 Å². The molecule has 0 aliphatic carbocycles. The van der Waals surface area contributed by atoms with E-state index >= 15 is 0 Å². The Balaban J connectivity index is 2.59. The molecule has 0 aromatic heterocycles. The lowest BCUT2D eigenvalue weighted by molar-refractivity contribution is 0.414. The third-order valence-corrected chi connectivity index (χ3v) is 4.38. The standard InChI is InChI=1S/C13H22N2O3S/c1-11(12-5-7-13(18-2)8-6-12)15-19(16,17)10-4-3-9-14/h5-8,11,15H,3-4,9-10,14H2,1-2H3. The van der Waals surface area contributed by atoms with Crippen LogP contribution in [0.5, 0.6) is 5.75 Å². The number of unbranched alkanes of at least 4 members (excludes halogenated alkanes) is 1. The zero-order valence-electron chi connectivity index (χ0n) is 11.4. The highest BCUT2D eigenvalue weighted by molar-refractivity contribution is 7.89. The van der Waals surface area contributed by atoms with E-state index in [2.05, 4.69) is 4.72 Å². The molecule has 0 radical (unpaired) electrons. The van der Waals surface area contributed by atoms with Gasteiger partial charge in [-0.25, -0.2) is 13.1 Å². The highest BCUT2D eigenvalue weighted by Crippen LogP contribution is 2.18. The highest BCUT2D eigenvalue weighted by atomic mass is 32.2. The molecule has 3 N–H and O–H groups in total. The largest absolute Gasteiger partial charge is 0.497 e. The first-order valence-corrected chi connectivity index (χ1v) is 7.98. The number of rotatable bonds is 8. The number of benzene rings is 1. The predicted octanol–water partition coefficient (Wildman–Crippen LogP) is 1.41. The van der Waals surface area contributed by atoms with Crippen LogP contribution in [-0.4, -0.2) is 27.8 Å². The molecule has 1 atom stereocenters. The number of hydrogen-bond donors (Lipinski definition) is 2. The van der Waals surface area contributed by atoms with Crippen molar-refractivity contribution in [1.29, 1.82) is 0 Å². The first-order chi connectivity index (χ1) is 8.98. The SMILES string of the molecule is COc1ccc(C(C)NS(=O)(=O)CCCCN)cc1. The van der Waals surface area contributed by atoms with Crippen molar-refractivity contribution in [3.8, 4) is 5.75 Å². The molecule has 0 fully saturated rings. The van der Waals surface area contributed by atoms with Crippen LogP contribution in [0.1, 0.15) is 31.4 Å². The van der Waals surface area contributed by atoms with Crippen molar-refractivity contribution in [2.75, 3.05) is 19.4 Å². The summed E-state index contributed by atoms with van der Waals surface area (Å²) in [4.78, 5) is 0. The lowest BCUT2D eigenvalue weighted by Gasteiger charge is -2.15. The molecule has 1 aromatic rings. The average Bonchev–Trinajstić information content (AvgIpc) is 2.38. The van der Waals surface area contributed by atoms with Gasteiger partial charge >= 0.3 is 0 Å². The first kappa shape index (κ1) is 15.9. The topological polar surface area (TPSA) is 81.4 Å². The van der Waals surface area contributed by atoms with Crippen molar-refractivity contribution >= 4 is 10.0 Å². The number of hydrogen-bond acceptors (Lipinski definition) is 4. The van der Waals surface area contributed by atoms with Gasteiger partial charge in [-0.15, -0.1) is 0 Å². The van der Waals surface area contributed by atoms with Gasteiger partial charge in [0.15, 0.2) is 0 Å². The molecule has 1 rings (SSSR count). The third kappa shape index (κ3) is 5.59. The van der Waals surface area contributed by atoms with E-state index in [1.165, 1.54) is 0 Å². The number of ether oxygens (including phenoxy) is 1. The van der Waals surface area contributed by atoms with Crippen molar-refractivity contribution in [3.05, 3.63) is 29.8 Å². The second-order valence-electron chi connectivity index (χ2n) is 4.43. The summed E-state index contributed by atoms with van der Waals surface area (Å²) in [5, 5.41) is 0. The van der Waals surface area contributed by atoms with Crippen LogP contribution < -0.4 is 15.2 Å². The van der Waals surface area contributed by atoms with Gasteiger partial charge in [0.2, 0.25) is 10.0 Å². The third-order valence-electron chi connectivity index (χ3n) is 2.84. The van der Waals surface area contributed by atoms with Crippen LogP contribution in [0.3, 0.4) is 0 Å². The quantitative estimate of drug-likeness (QED) is 0.708. The van der Waals surface area contributed by atoms with Crippen LogP contribution in [-0.2, 0) is 10.0 Å². The fourth-order valence-electron chi connectivity index (χ4n) is 1.73. The molecule has 0 amide bonds. The maximum atomic E-state index is 11.8. The molecule has 0 heterocycles. The maximum Gasteiger partial charge on any atom is 0.212 e. The molecular formula is C13H22N2O3S. The molecule has 0 aliphatic heterocycles. The lowest BCUT2D eigenvalue weighted by atomic mass is 10.1. The Morgan fingerprint density at radius 2 is 1.89 bits per heavy atom.